The lowest BCUT2D eigenvalue weighted by Crippen LogP contribution is -2.62. The number of likely N-dealkylation sites (tertiary alicyclic amines) is 1. The van der Waals surface area contributed by atoms with Gasteiger partial charge >= 0.3 is 0 Å². The number of imide groups is 1. The second kappa shape index (κ2) is 8.03. The SMILES string of the molecule is O=C1C2CC=CCC2C(=O)N1C1CN(S(=O)(=O)c2ccc(Oc3ccccc3Cl)cc2)C1. The average molecular weight is 473 g/mol. The summed E-state index contributed by atoms with van der Waals surface area (Å²) in [6.45, 7) is 0.231. The van der Waals surface area contributed by atoms with Crippen LogP contribution in [0, 0.1) is 11.8 Å². The number of para-hydroxylation sites is 1. The number of benzene rings is 2. The molecule has 2 aliphatic heterocycles. The summed E-state index contributed by atoms with van der Waals surface area (Å²) >= 11 is 6.09. The zero-order valence-corrected chi connectivity index (χ0v) is 18.6. The van der Waals surface area contributed by atoms with Gasteiger partial charge in [0.1, 0.15) is 11.5 Å². The maximum atomic E-state index is 13.0. The summed E-state index contributed by atoms with van der Waals surface area (Å²) in [5.74, 6) is -0.0123. The van der Waals surface area contributed by atoms with Gasteiger partial charge in [0, 0.05) is 13.1 Å². The van der Waals surface area contributed by atoms with Crippen LogP contribution in [0.15, 0.2) is 65.6 Å². The number of fused-ring (bicyclic) bond motifs is 1. The van der Waals surface area contributed by atoms with E-state index >= 15 is 0 Å². The summed E-state index contributed by atoms with van der Waals surface area (Å²) in [5, 5.41) is 0.456. The molecule has 2 saturated heterocycles. The highest BCUT2D eigenvalue weighted by atomic mass is 35.5. The van der Waals surface area contributed by atoms with Crippen molar-refractivity contribution in [1.82, 2.24) is 9.21 Å². The molecule has 0 radical (unpaired) electrons. The Morgan fingerprint density at radius 1 is 0.875 bits per heavy atom. The molecule has 1 aliphatic carbocycles. The van der Waals surface area contributed by atoms with E-state index < -0.39 is 16.1 Å². The summed E-state index contributed by atoms with van der Waals surface area (Å²) in [7, 11) is -3.73. The Kier molecular flexibility index (Phi) is 5.31. The van der Waals surface area contributed by atoms with Gasteiger partial charge in [-0.05, 0) is 49.2 Å². The first-order chi connectivity index (χ1) is 15.4. The number of carbonyl (C=O) groups excluding carboxylic acids is 2. The molecule has 32 heavy (non-hydrogen) atoms. The van der Waals surface area contributed by atoms with E-state index in [4.69, 9.17) is 16.3 Å². The number of sulfonamides is 1. The lowest BCUT2D eigenvalue weighted by molar-refractivity contribution is -0.145. The molecule has 9 heteroatoms. The molecule has 0 spiro atoms. The fourth-order valence-electron chi connectivity index (χ4n) is 4.45. The van der Waals surface area contributed by atoms with Crippen molar-refractivity contribution in [2.75, 3.05) is 13.1 Å². The van der Waals surface area contributed by atoms with Crippen LogP contribution in [-0.4, -0.2) is 48.6 Å². The first-order valence-corrected chi connectivity index (χ1v) is 12.2. The van der Waals surface area contributed by atoms with E-state index in [1.807, 2.05) is 12.2 Å². The monoisotopic (exact) mass is 472 g/mol. The zero-order chi connectivity index (χ0) is 22.5. The number of amides is 2. The molecule has 7 nitrogen and oxygen atoms in total. The second-order valence-electron chi connectivity index (χ2n) is 8.18. The Morgan fingerprint density at radius 3 is 2.06 bits per heavy atom. The third-order valence-electron chi connectivity index (χ3n) is 6.26. The van der Waals surface area contributed by atoms with Gasteiger partial charge < -0.3 is 4.74 Å². The average Bonchev–Trinajstić information content (AvgIpc) is 3.00. The lowest BCUT2D eigenvalue weighted by atomic mass is 9.85. The molecule has 0 N–H and O–H groups in total. The molecule has 166 valence electrons. The lowest BCUT2D eigenvalue weighted by Gasteiger charge is -2.42. The van der Waals surface area contributed by atoms with Crippen LogP contribution in [0.5, 0.6) is 11.5 Å². The van der Waals surface area contributed by atoms with Gasteiger partial charge in [0.2, 0.25) is 21.8 Å². The van der Waals surface area contributed by atoms with Crippen molar-refractivity contribution in [3.05, 3.63) is 65.7 Å². The van der Waals surface area contributed by atoms with E-state index in [0.717, 1.165) is 0 Å². The van der Waals surface area contributed by atoms with Crippen LogP contribution < -0.4 is 4.74 Å². The van der Waals surface area contributed by atoms with Gasteiger partial charge in [0.05, 0.1) is 27.8 Å². The van der Waals surface area contributed by atoms with Crippen molar-refractivity contribution in [3.8, 4) is 11.5 Å². The Balaban J connectivity index is 1.25. The van der Waals surface area contributed by atoms with Gasteiger partial charge in [-0.2, -0.15) is 4.31 Å². The van der Waals surface area contributed by atoms with Gasteiger partial charge in [-0.25, -0.2) is 8.42 Å². The molecule has 0 bridgehead atoms. The van der Waals surface area contributed by atoms with E-state index in [9.17, 15) is 18.0 Å². The van der Waals surface area contributed by atoms with Crippen LogP contribution in [-0.2, 0) is 19.6 Å². The van der Waals surface area contributed by atoms with Gasteiger partial charge in [-0.3, -0.25) is 14.5 Å². The molecule has 5 rings (SSSR count). The van der Waals surface area contributed by atoms with Crippen molar-refractivity contribution in [3.63, 3.8) is 0 Å². The minimum atomic E-state index is -3.73. The van der Waals surface area contributed by atoms with Crippen LogP contribution in [0.2, 0.25) is 5.02 Å². The molecule has 0 saturated carbocycles. The van der Waals surface area contributed by atoms with Crippen LogP contribution in [0.25, 0.3) is 0 Å². The number of allylic oxidation sites excluding steroid dienone is 2. The zero-order valence-electron chi connectivity index (χ0n) is 17.1. The van der Waals surface area contributed by atoms with Crippen LogP contribution in [0.1, 0.15) is 12.8 Å². The van der Waals surface area contributed by atoms with Crippen molar-refractivity contribution in [2.45, 2.75) is 23.8 Å². The Labute approximate surface area is 191 Å². The smallest absolute Gasteiger partial charge is 0.243 e. The largest absolute Gasteiger partial charge is 0.456 e. The number of nitrogens with zero attached hydrogens (tertiary/aromatic N) is 2. The number of hydrogen-bond donors (Lipinski definition) is 0. The van der Waals surface area contributed by atoms with Crippen LogP contribution in [0.4, 0.5) is 0 Å². The molecule has 2 fully saturated rings. The summed E-state index contributed by atoms with van der Waals surface area (Å²) in [4.78, 5) is 26.8. The summed E-state index contributed by atoms with van der Waals surface area (Å²) in [6, 6.07) is 12.7. The number of carbonyl (C=O) groups is 2. The van der Waals surface area contributed by atoms with Crippen molar-refractivity contribution in [1.29, 1.82) is 0 Å². The number of hydrogen-bond acceptors (Lipinski definition) is 5. The normalized spacial score (nSPS) is 23.8. The van der Waals surface area contributed by atoms with Gasteiger partial charge in [-0.1, -0.05) is 35.9 Å². The van der Waals surface area contributed by atoms with E-state index in [-0.39, 0.29) is 41.6 Å². The standard InChI is InChI=1S/C23H21ClN2O5S/c24-20-7-3-4-8-21(20)31-16-9-11-17(12-10-16)32(29,30)25-13-15(14-25)26-22(27)18-5-1-2-6-19(18)23(26)28/h1-4,7-12,15,18-19H,5-6,13-14H2. The molecular weight excluding hydrogens is 452 g/mol. The highest BCUT2D eigenvalue weighted by Crippen LogP contribution is 2.38. The molecule has 2 aromatic rings. The minimum Gasteiger partial charge on any atom is -0.456 e. The summed E-state index contributed by atoms with van der Waals surface area (Å²) in [6.07, 6.45) is 5.02. The van der Waals surface area contributed by atoms with E-state index in [2.05, 4.69) is 0 Å². The first kappa shape index (κ1) is 21.2. The molecule has 2 unspecified atom stereocenters. The Bertz CT molecular complexity index is 1180. The third kappa shape index (κ3) is 3.52. The molecule has 0 aromatic heterocycles. The van der Waals surface area contributed by atoms with Gasteiger partial charge in [0.25, 0.3) is 0 Å². The van der Waals surface area contributed by atoms with Crippen LogP contribution >= 0.6 is 11.6 Å². The minimum absolute atomic E-state index is 0.116. The van der Waals surface area contributed by atoms with Crippen molar-refractivity contribution < 1.29 is 22.7 Å². The molecule has 3 aliphatic rings. The summed E-state index contributed by atoms with van der Waals surface area (Å²) in [5.41, 5.74) is 0. The molecule has 2 heterocycles. The third-order valence-corrected chi connectivity index (χ3v) is 8.42. The maximum absolute atomic E-state index is 13.0. The first-order valence-electron chi connectivity index (χ1n) is 10.4. The fourth-order valence-corrected chi connectivity index (χ4v) is 6.13. The van der Waals surface area contributed by atoms with Crippen LogP contribution in [0.3, 0.4) is 0 Å². The maximum Gasteiger partial charge on any atom is 0.243 e. The van der Waals surface area contributed by atoms with Gasteiger partial charge in [-0.15, -0.1) is 0 Å². The van der Waals surface area contributed by atoms with E-state index in [1.54, 1.807) is 36.4 Å². The van der Waals surface area contributed by atoms with Crippen molar-refractivity contribution in [2.24, 2.45) is 11.8 Å². The van der Waals surface area contributed by atoms with Gasteiger partial charge in [0.15, 0.2) is 0 Å². The number of ether oxygens (including phenoxy) is 1. The van der Waals surface area contributed by atoms with E-state index in [0.29, 0.717) is 29.4 Å². The summed E-state index contributed by atoms with van der Waals surface area (Å²) < 4.78 is 33.0. The fraction of sp³-hybridized carbons (Fsp3) is 0.304. The highest BCUT2D eigenvalue weighted by Gasteiger charge is 2.53. The highest BCUT2D eigenvalue weighted by molar-refractivity contribution is 7.89. The predicted molar refractivity (Wildman–Crippen MR) is 118 cm³/mol. The van der Waals surface area contributed by atoms with Crippen molar-refractivity contribution >= 4 is 33.4 Å². The number of halogens is 1. The molecule has 2 aromatic carbocycles. The Morgan fingerprint density at radius 2 is 1.47 bits per heavy atom. The topological polar surface area (TPSA) is 84.0 Å². The molecular formula is C23H21ClN2O5S. The molecule has 2 atom stereocenters. The predicted octanol–water partition coefficient (Wildman–Crippen LogP) is 3.46. The quantitative estimate of drug-likeness (QED) is 0.491. The van der Waals surface area contributed by atoms with E-state index in [1.165, 1.54) is 21.3 Å². The molecule has 2 amide bonds. The Hall–Kier alpha value is -2.68. The second-order valence-corrected chi connectivity index (χ2v) is 10.5. The number of rotatable bonds is 5.